The van der Waals surface area contributed by atoms with Gasteiger partial charge in [-0.2, -0.15) is 0 Å². The summed E-state index contributed by atoms with van der Waals surface area (Å²) in [5.74, 6) is 0.532. The minimum Gasteiger partial charge on any atom is -0.444 e. The molecule has 1 saturated heterocycles. The normalized spacial score (nSPS) is 19.5. The van der Waals surface area contributed by atoms with E-state index in [0.717, 1.165) is 18.7 Å². The Balaban J connectivity index is 1.65. The largest absolute Gasteiger partial charge is 0.444 e. The summed E-state index contributed by atoms with van der Waals surface area (Å²) in [5, 5.41) is 2.93. The van der Waals surface area contributed by atoms with Crippen molar-refractivity contribution in [3.05, 3.63) is 65.7 Å². The summed E-state index contributed by atoms with van der Waals surface area (Å²) in [4.78, 5) is 26.6. The SMILES string of the molecule is C[C@H]1C[C@@H](c2ccc(NC(=O)c3ccccc3)cc2)CN(C(=O)OC(C)(C)C)C1. The monoisotopic (exact) mass is 394 g/mol. The van der Waals surface area contributed by atoms with Gasteiger partial charge in [0.05, 0.1) is 0 Å². The summed E-state index contributed by atoms with van der Waals surface area (Å²) in [6, 6.07) is 17.1. The van der Waals surface area contributed by atoms with Crippen molar-refractivity contribution in [2.45, 2.75) is 45.6 Å². The first-order chi connectivity index (χ1) is 13.7. The number of carbonyl (C=O) groups excluding carboxylic acids is 2. The highest BCUT2D eigenvalue weighted by atomic mass is 16.6. The maximum Gasteiger partial charge on any atom is 0.410 e. The Morgan fingerprint density at radius 1 is 1.00 bits per heavy atom. The van der Waals surface area contributed by atoms with Crippen LogP contribution in [0.25, 0.3) is 0 Å². The third-order valence-electron chi connectivity index (χ3n) is 4.99. The lowest BCUT2D eigenvalue weighted by atomic mass is 9.85. The van der Waals surface area contributed by atoms with E-state index in [1.807, 2.05) is 68.1 Å². The predicted octanol–water partition coefficient (Wildman–Crippen LogP) is 5.30. The lowest BCUT2D eigenvalue weighted by Crippen LogP contribution is -2.44. The number of likely N-dealkylation sites (tertiary alicyclic amines) is 1. The number of anilines is 1. The number of hydrogen-bond donors (Lipinski definition) is 1. The first-order valence-corrected chi connectivity index (χ1v) is 10.2. The van der Waals surface area contributed by atoms with Crippen LogP contribution in [0.5, 0.6) is 0 Å². The first kappa shape index (κ1) is 20.9. The number of amides is 2. The Kier molecular flexibility index (Phi) is 6.26. The number of benzene rings is 2. The molecule has 2 aromatic rings. The molecule has 1 aliphatic rings. The van der Waals surface area contributed by atoms with Gasteiger partial charge < -0.3 is 15.0 Å². The summed E-state index contributed by atoms with van der Waals surface area (Å²) in [6.45, 7) is 9.19. The fourth-order valence-corrected chi connectivity index (χ4v) is 3.70. The highest BCUT2D eigenvalue weighted by Gasteiger charge is 2.31. The molecule has 0 aromatic heterocycles. The molecular weight excluding hydrogens is 364 g/mol. The van der Waals surface area contributed by atoms with Gasteiger partial charge in [-0.3, -0.25) is 4.79 Å². The Labute approximate surface area is 173 Å². The second-order valence-corrected chi connectivity index (χ2v) is 8.87. The first-order valence-electron chi connectivity index (χ1n) is 10.2. The molecule has 0 saturated carbocycles. The summed E-state index contributed by atoms with van der Waals surface area (Å²) in [6.07, 6.45) is 0.774. The zero-order valence-electron chi connectivity index (χ0n) is 17.6. The zero-order valence-corrected chi connectivity index (χ0v) is 17.6. The van der Waals surface area contributed by atoms with E-state index in [1.165, 1.54) is 5.56 Å². The summed E-state index contributed by atoms with van der Waals surface area (Å²) >= 11 is 0. The van der Waals surface area contributed by atoms with Gasteiger partial charge in [0.1, 0.15) is 5.60 Å². The lowest BCUT2D eigenvalue weighted by Gasteiger charge is -2.37. The van der Waals surface area contributed by atoms with Crippen LogP contribution >= 0.6 is 0 Å². The molecule has 0 spiro atoms. The minimum absolute atomic E-state index is 0.124. The topological polar surface area (TPSA) is 58.6 Å². The Morgan fingerprint density at radius 3 is 2.28 bits per heavy atom. The van der Waals surface area contributed by atoms with Crippen molar-refractivity contribution in [2.75, 3.05) is 18.4 Å². The van der Waals surface area contributed by atoms with Gasteiger partial charge in [0.25, 0.3) is 5.91 Å². The fourth-order valence-electron chi connectivity index (χ4n) is 3.70. The second-order valence-electron chi connectivity index (χ2n) is 8.87. The average molecular weight is 395 g/mol. The average Bonchev–Trinajstić information content (AvgIpc) is 2.67. The predicted molar refractivity (Wildman–Crippen MR) is 115 cm³/mol. The number of rotatable bonds is 3. The van der Waals surface area contributed by atoms with Crippen LogP contribution in [-0.2, 0) is 4.74 Å². The van der Waals surface area contributed by atoms with E-state index in [1.54, 1.807) is 12.1 Å². The van der Waals surface area contributed by atoms with E-state index in [4.69, 9.17) is 4.74 Å². The number of piperidine rings is 1. The van der Waals surface area contributed by atoms with Crippen LogP contribution in [0.3, 0.4) is 0 Å². The molecule has 5 heteroatoms. The molecule has 2 aromatic carbocycles. The van der Waals surface area contributed by atoms with Crippen molar-refractivity contribution in [3.63, 3.8) is 0 Å². The molecule has 3 rings (SSSR count). The van der Waals surface area contributed by atoms with Crippen LogP contribution in [0.1, 0.15) is 56.0 Å². The molecule has 0 aliphatic carbocycles. The molecule has 0 bridgehead atoms. The molecule has 2 amide bonds. The molecular formula is C24H30N2O3. The zero-order chi connectivity index (χ0) is 21.0. The van der Waals surface area contributed by atoms with Crippen LogP contribution in [0, 0.1) is 5.92 Å². The minimum atomic E-state index is -0.494. The quantitative estimate of drug-likeness (QED) is 0.768. The number of hydrogen-bond acceptors (Lipinski definition) is 3. The molecule has 1 aliphatic heterocycles. The summed E-state index contributed by atoms with van der Waals surface area (Å²) in [5.41, 5.74) is 2.07. The van der Waals surface area contributed by atoms with Crippen LogP contribution in [0.15, 0.2) is 54.6 Å². The van der Waals surface area contributed by atoms with E-state index in [0.29, 0.717) is 18.0 Å². The lowest BCUT2D eigenvalue weighted by molar-refractivity contribution is 0.0151. The molecule has 1 fully saturated rings. The highest BCUT2D eigenvalue weighted by Crippen LogP contribution is 2.31. The van der Waals surface area contributed by atoms with Crippen molar-refractivity contribution in [2.24, 2.45) is 5.92 Å². The van der Waals surface area contributed by atoms with Crippen LogP contribution in [0.2, 0.25) is 0 Å². The van der Waals surface area contributed by atoms with E-state index in [-0.39, 0.29) is 17.9 Å². The number of nitrogens with zero attached hydrogens (tertiary/aromatic N) is 1. The molecule has 1 heterocycles. The van der Waals surface area contributed by atoms with Crippen LogP contribution in [-0.4, -0.2) is 35.6 Å². The summed E-state index contributed by atoms with van der Waals surface area (Å²) < 4.78 is 5.55. The van der Waals surface area contributed by atoms with Gasteiger partial charge >= 0.3 is 6.09 Å². The molecule has 29 heavy (non-hydrogen) atoms. The van der Waals surface area contributed by atoms with Gasteiger partial charge in [-0.1, -0.05) is 37.3 Å². The Morgan fingerprint density at radius 2 is 1.66 bits per heavy atom. The van der Waals surface area contributed by atoms with E-state index < -0.39 is 5.60 Å². The standard InChI is InChI=1S/C24H30N2O3/c1-17-14-20(16-26(15-17)23(28)29-24(2,3)4)18-10-12-21(13-11-18)25-22(27)19-8-6-5-7-9-19/h5-13,17,20H,14-16H2,1-4H3,(H,25,27)/t17-,20+/m0/s1. The second kappa shape index (κ2) is 8.68. The fraction of sp³-hybridized carbons (Fsp3) is 0.417. The van der Waals surface area contributed by atoms with Gasteiger partial charge in [0, 0.05) is 30.3 Å². The molecule has 0 unspecified atom stereocenters. The van der Waals surface area contributed by atoms with Crippen molar-refractivity contribution < 1.29 is 14.3 Å². The Hall–Kier alpha value is -2.82. The summed E-state index contributed by atoms with van der Waals surface area (Å²) in [7, 11) is 0. The van der Waals surface area contributed by atoms with Crippen molar-refractivity contribution >= 4 is 17.7 Å². The third kappa shape index (κ3) is 5.83. The van der Waals surface area contributed by atoms with Gasteiger partial charge in [0.2, 0.25) is 0 Å². The van der Waals surface area contributed by atoms with E-state index in [9.17, 15) is 9.59 Å². The third-order valence-corrected chi connectivity index (χ3v) is 4.99. The van der Waals surface area contributed by atoms with Gasteiger partial charge in [-0.05, 0) is 62.9 Å². The van der Waals surface area contributed by atoms with E-state index in [2.05, 4.69) is 12.2 Å². The molecule has 0 radical (unpaired) electrons. The van der Waals surface area contributed by atoms with Crippen molar-refractivity contribution in [3.8, 4) is 0 Å². The number of nitrogens with one attached hydrogen (secondary N) is 1. The van der Waals surface area contributed by atoms with Gasteiger partial charge in [-0.25, -0.2) is 4.79 Å². The maximum absolute atomic E-state index is 12.5. The van der Waals surface area contributed by atoms with Crippen LogP contribution in [0.4, 0.5) is 10.5 Å². The van der Waals surface area contributed by atoms with Crippen molar-refractivity contribution in [1.82, 2.24) is 4.90 Å². The van der Waals surface area contributed by atoms with Crippen molar-refractivity contribution in [1.29, 1.82) is 0 Å². The molecule has 2 atom stereocenters. The molecule has 5 nitrogen and oxygen atoms in total. The number of carbonyl (C=O) groups is 2. The van der Waals surface area contributed by atoms with Gasteiger partial charge in [0.15, 0.2) is 0 Å². The van der Waals surface area contributed by atoms with E-state index >= 15 is 0 Å². The Bertz CT molecular complexity index is 841. The smallest absolute Gasteiger partial charge is 0.410 e. The maximum atomic E-state index is 12.5. The number of ether oxygens (including phenoxy) is 1. The molecule has 154 valence electrons. The van der Waals surface area contributed by atoms with Gasteiger partial charge in [-0.15, -0.1) is 0 Å². The highest BCUT2D eigenvalue weighted by molar-refractivity contribution is 6.04. The molecule has 1 N–H and O–H groups in total. The van der Waals surface area contributed by atoms with Crippen LogP contribution < -0.4 is 5.32 Å².